The Morgan fingerprint density at radius 1 is 1.07 bits per heavy atom. The fourth-order valence-electron chi connectivity index (χ4n) is 4.99. The summed E-state index contributed by atoms with van der Waals surface area (Å²) in [7, 11) is 0. The lowest BCUT2D eigenvalue weighted by atomic mass is 10.0. The highest BCUT2D eigenvalue weighted by atomic mass is 16.4. The van der Waals surface area contributed by atoms with Crippen molar-refractivity contribution in [2.75, 3.05) is 13.1 Å². The number of aliphatic carboxylic acids is 1. The molecule has 40 heavy (non-hydrogen) atoms. The van der Waals surface area contributed by atoms with Crippen LogP contribution in [0.5, 0.6) is 0 Å². The number of H-pyrrole nitrogens is 1. The van der Waals surface area contributed by atoms with Gasteiger partial charge in [-0.1, -0.05) is 18.2 Å². The number of carboxylic acids is 1. The minimum atomic E-state index is -1.35. The first-order valence-electron chi connectivity index (χ1n) is 13.5. The first-order valence-corrected chi connectivity index (χ1v) is 13.5. The monoisotopic (exact) mass is 557 g/mol. The van der Waals surface area contributed by atoms with Gasteiger partial charge in [0.05, 0.1) is 6.04 Å². The van der Waals surface area contributed by atoms with Crippen molar-refractivity contribution in [2.45, 2.75) is 75.5 Å². The molecule has 4 unspecified atom stereocenters. The quantitative estimate of drug-likeness (QED) is 0.141. The number of aromatic nitrogens is 1. The maximum absolute atomic E-state index is 13.3. The molecule has 1 fully saturated rings. The average molecular weight is 558 g/mol. The molecule has 1 saturated heterocycles. The minimum absolute atomic E-state index is 0.181. The van der Waals surface area contributed by atoms with Gasteiger partial charge < -0.3 is 42.8 Å². The second-order valence-electron chi connectivity index (χ2n) is 10.1. The lowest BCUT2D eigenvalue weighted by molar-refractivity contribution is -0.143. The molecule has 0 saturated carbocycles. The Bertz CT molecular complexity index is 1210. The van der Waals surface area contributed by atoms with E-state index in [0.717, 1.165) is 16.5 Å². The zero-order valence-corrected chi connectivity index (χ0v) is 22.4. The SMILES string of the molecule is NCCCCC(NC(=O)C1CCCN1C(=O)C(N)Cc1c[nH]c2ccccc12)C(=O)NC(CCC(N)=O)C(=O)O. The van der Waals surface area contributed by atoms with Crippen LogP contribution in [0, 0.1) is 0 Å². The number of aromatic amines is 1. The third-order valence-corrected chi connectivity index (χ3v) is 7.14. The first-order chi connectivity index (χ1) is 19.1. The number of para-hydroxylation sites is 1. The van der Waals surface area contributed by atoms with E-state index in [1.807, 2.05) is 30.5 Å². The van der Waals surface area contributed by atoms with E-state index in [4.69, 9.17) is 17.2 Å². The lowest BCUT2D eigenvalue weighted by Gasteiger charge is -2.28. The number of fused-ring (bicyclic) bond motifs is 1. The highest BCUT2D eigenvalue weighted by Gasteiger charge is 2.38. The van der Waals surface area contributed by atoms with Crippen molar-refractivity contribution in [2.24, 2.45) is 17.2 Å². The maximum atomic E-state index is 13.3. The summed E-state index contributed by atoms with van der Waals surface area (Å²) in [6.07, 6.45) is 4.05. The molecule has 4 amide bonds. The minimum Gasteiger partial charge on any atom is -0.480 e. The number of amides is 4. The number of carbonyl (C=O) groups excluding carboxylic acids is 4. The summed E-state index contributed by atoms with van der Waals surface area (Å²) in [5, 5.41) is 15.5. The fourth-order valence-corrected chi connectivity index (χ4v) is 4.99. The van der Waals surface area contributed by atoms with Gasteiger partial charge in [0.25, 0.3) is 0 Å². The summed E-state index contributed by atoms with van der Waals surface area (Å²) in [5.41, 5.74) is 18.8. The van der Waals surface area contributed by atoms with Crippen LogP contribution in [0.1, 0.15) is 50.5 Å². The molecule has 1 aromatic carbocycles. The van der Waals surface area contributed by atoms with Gasteiger partial charge >= 0.3 is 5.97 Å². The van der Waals surface area contributed by atoms with Gasteiger partial charge in [0.2, 0.25) is 23.6 Å². The Hall–Kier alpha value is -3.97. The number of carboxylic acid groups (broad SMARTS) is 1. The number of nitrogens with zero attached hydrogens (tertiary/aromatic N) is 1. The van der Waals surface area contributed by atoms with Gasteiger partial charge in [0, 0.05) is 30.1 Å². The molecule has 2 heterocycles. The Kier molecular flexibility index (Phi) is 11.0. The van der Waals surface area contributed by atoms with Crippen LogP contribution >= 0.6 is 0 Å². The van der Waals surface area contributed by atoms with Crippen LogP contribution in [0.2, 0.25) is 0 Å². The summed E-state index contributed by atoms with van der Waals surface area (Å²) < 4.78 is 0. The molecular weight excluding hydrogens is 518 g/mol. The van der Waals surface area contributed by atoms with Crippen LogP contribution in [0.4, 0.5) is 0 Å². The van der Waals surface area contributed by atoms with Gasteiger partial charge in [-0.25, -0.2) is 4.79 Å². The summed E-state index contributed by atoms with van der Waals surface area (Å²) in [4.78, 5) is 67.0. The van der Waals surface area contributed by atoms with Crippen molar-refractivity contribution >= 4 is 40.5 Å². The molecule has 0 bridgehead atoms. The number of hydrogen-bond acceptors (Lipinski definition) is 7. The van der Waals surface area contributed by atoms with Crippen molar-refractivity contribution in [1.29, 1.82) is 0 Å². The average Bonchev–Trinajstić information content (AvgIpc) is 3.57. The Balaban J connectivity index is 1.67. The zero-order valence-electron chi connectivity index (χ0n) is 22.4. The van der Waals surface area contributed by atoms with Crippen LogP contribution in [0.25, 0.3) is 10.9 Å². The van der Waals surface area contributed by atoms with Crippen molar-refractivity contribution in [3.8, 4) is 0 Å². The van der Waals surface area contributed by atoms with E-state index in [0.29, 0.717) is 45.2 Å². The molecule has 0 spiro atoms. The van der Waals surface area contributed by atoms with Gasteiger partial charge in [-0.15, -0.1) is 0 Å². The molecule has 13 nitrogen and oxygen atoms in total. The number of carbonyl (C=O) groups is 5. The highest BCUT2D eigenvalue weighted by molar-refractivity contribution is 5.95. The summed E-state index contributed by atoms with van der Waals surface area (Å²) in [5.74, 6) is -3.58. The van der Waals surface area contributed by atoms with Crippen LogP contribution in [0.3, 0.4) is 0 Å². The van der Waals surface area contributed by atoms with Crippen molar-refractivity contribution in [3.63, 3.8) is 0 Å². The van der Waals surface area contributed by atoms with Crippen molar-refractivity contribution < 1.29 is 29.1 Å². The lowest BCUT2D eigenvalue weighted by Crippen LogP contribution is -2.56. The van der Waals surface area contributed by atoms with Gasteiger partial charge in [0.1, 0.15) is 18.1 Å². The number of primary amides is 1. The van der Waals surface area contributed by atoms with E-state index in [9.17, 15) is 29.1 Å². The molecule has 13 heteroatoms. The maximum Gasteiger partial charge on any atom is 0.326 e. The van der Waals surface area contributed by atoms with E-state index in [1.165, 1.54) is 4.90 Å². The number of hydrogen-bond donors (Lipinski definition) is 7. The second-order valence-corrected chi connectivity index (χ2v) is 10.1. The first kappa shape index (κ1) is 30.6. The Morgan fingerprint density at radius 3 is 2.52 bits per heavy atom. The van der Waals surface area contributed by atoms with Crippen molar-refractivity contribution in [1.82, 2.24) is 20.5 Å². The van der Waals surface area contributed by atoms with Gasteiger partial charge in [-0.2, -0.15) is 0 Å². The Labute approximate surface area is 232 Å². The number of nitrogens with one attached hydrogen (secondary N) is 3. The summed E-state index contributed by atoms with van der Waals surface area (Å²) in [6.45, 7) is 0.745. The van der Waals surface area contributed by atoms with E-state index < -0.39 is 47.9 Å². The molecule has 10 N–H and O–H groups in total. The highest BCUT2D eigenvalue weighted by Crippen LogP contribution is 2.22. The molecule has 4 atom stereocenters. The summed E-state index contributed by atoms with van der Waals surface area (Å²) >= 11 is 0. The molecule has 218 valence electrons. The molecule has 0 aliphatic carbocycles. The largest absolute Gasteiger partial charge is 0.480 e. The van der Waals surface area contributed by atoms with E-state index in [-0.39, 0.29) is 25.2 Å². The van der Waals surface area contributed by atoms with E-state index >= 15 is 0 Å². The third kappa shape index (κ3) is 8.02. The number of nitrogens with two attached hydrogens (primary N) is 3. The van der Waals surface area contributed by atoms with Crippen LogP contribution in [-0.4, -0.2) is 81.8 Å². The van der Waals surface area contributed by atoms with E-state index in [2.05, 4.69) is 15.6 Å². The smallest absolute Gasteiger partial charge is 0.326 e. The van der Waals surface area contributed by atoms with Crippen molar-refractivity contribution in [3.05, 3.63) is 36.0 Å². The Morgan fingerprint density at radius 2 is 1.82 bits per heavy atom. The topological polar surface area (TPSA) is 227 Å². The van der Waals surface area contributed by atoms with E-state index in [1.54, 1.807) is 0 Å². The molecule has 2 aromatic rings. The standard InChI is InChI=1S/C27H39N7O6/c28-12-4-3-8-20(24(36)33-21(27(39)40)10-11-23(30)35)32-25(37)22-9-5-13-34(22)26(38)18(29)14-16-15-31-19-7-2-1-6-17(16)19/h1-2,6-7,15,18,20-22,31H,3-5,8-14,28-29H2,(H2,30,35)(H,32,37)(H,33,36)(H,39,40). The predicted octanol–water partition coefficient (Wildman–Crippen LogP) is -0.523. The molecule has 3 rings (SSSR count). The van der Waals surface area contributed by atoms with Crippen LogP contribution in [0.15, 0.2) is 30.5 Å². The fraction of sp³-hybridized carbons (Fsp3) is 0.519. The number of likely N-dealkylation sites (tertiary alicyclic amines) is 1. The molecule has 1 aliphatic heterocycles. The van der Waals surface area contributed by atoms with Gasteiger partial charge in [-0.3, -0.25) is 19.2 Å². The van der Waals surface area contributed by atoms with Crippen LogP contribution in [-0.2, 0) is 30.4 Å². The molecule has 0 radical (unpaired) electrons. The number of rotatable bonds is 15. The molecule has 1 aromatic heterocycles. The molecule has 1 aliphatic rings. The zero-order chi connectivity index (χ0) is 29.2. The number of benzene rings is 1. The summed E-state index contributed by atoms with van der Waals surface area (Å²) in [6, 6.07) is 3.63. The van der Waals surface area contributed by atoms with Gasteiger partial charge in [0.15, 0.2) is 0 Å². The van der Waals surface area contributed by atoms with Crippen LogP contribution < -0.4 is 27.8 Å². The molecular formula is C27H39N7O6. The normalized spacial score (nSPS) is 17.2. The third-order valence-electron chi connectivity index (χ3n) is 7.14. The second kappa shape index (κ2) is 14.4. The van der Waals surface area contributed by atoms with Gasteiger partial charge in [-0.05, 0) is 63.1 Å². The number of unbranched alkanes of at least 4 members (excludes halogenated alkanes) is 1. The predicted molar refractivity (Wildman–Crippen MR) is 148 cm³/mol.